The summed E-state index contributed by atoms with van der Waals surface area (Å²) in [7, 11) is 0. The zero-order chi connectivity index (χ0) is 14.3. The van der Waals surface area contributed by atoms with Gasteiger partial charge in [0.15, 0.2) is 0 Å². The van der Waals surface area contributed by atoms with E-state index in [-0.39, 0.29) is 11.8 Å². The molecule has 0 unspecified atom stereocenters. The summed E-state index contributed by atoms with van der Waals surface area (Å²) in [6.45, 7) is 0. The Morgan fingerprint density at radius 2 is 1.30 bits per heavy atom. The fourth-order valence-corrected chi connectivity index (χ4v) is 2.48. The number of carbonyl (C=O) groups excluding carboxylic acids is 2. The van der Waals surface area contributed by atoms with Crippen LogP contribution in [-0.4, -0.2) is 11.8 Å². The number of benzene rings is 2. The molecule has 1 heterocycles. The van der Waals surface area contributed by atoms with Crippen LogP contribution in [0.3, 0.4) is 0 Å². The maximum absolute atomic E-state index is 12.3. The number of hydrogen-bond donors (Lipinski definition) is 0. The van der Waals surface area contributed by atoms with E-state index >= 15 is 0 Å². The zero-order valence-electron chi connectivity index (χ0n) is 10.2. The Labute approximate surface area is 125 Å². The Balaban J connectivity index is 2.00. The molecule has 3 rings (SSSR count). The number of alkyl halides is 2. The molecule has 1 aliphatic rings. The van der Waals surface area contributed by atoms with Gasteiger partial charge in [-0.1, -0.05) is 24.3 Å². The molecule has 5 heteroatoms. The summed E-state index contributed by atoms with van der Waals surface area (Å²) in [5.74, 6) is -0.627. The number of carbonyl (C=O) groups is 2. The van der Waals surface area contributed by atoms with Crippen LogP contribution in [0.1, 0.15) is 31.1 Å². The van der Waals surface area contributed by atoms with Gasteiger partial charge < -0.3 is 0 Å². The van der Waals surface area contributed by atoms with Crippen LogP contribution in [0, 0.1) is 0 Å². The monoisotopic (exact) mass is 305 g/mol. The lowest BCUT2D eigenvalue weighted by atomic mass is 10.1. The highest BCUT2D eigenvalue weighted by molar-refractivity contribution is 6.44. The van der Waals surface area contributed by atoms with Gasteiger partial charge in [0.1, 0.15) is 4.84 Å². The maximum Gasteiger partial charge on any atom is 0.266 e. The molecule has 0 fully saturated rings. The molecular weight excluding hydrogens is 297 g/mol. The number of amides is 2. The van der Waals surface area contributed by atoms with Gasteiger partial charge in [-0.05, 0) is 29.8 Å². The largest absolute Gasteiger partial charge is 0.268 e. The van der Waals surface area contributed by atoms with Gasteiger partial charge in [-0.25, -0.2) is 4.90 Å². The molecule has 100 valence electrons. The zero-order valence-corrected chi connectivity index (χ0v) is 11.7. The molecule has 0 aliphatic carbocycles. The third kappa shape index (κ3) is 1.99. The molecule has 0 saturated carbocycles. The molecule has 2 aromatic carbocycles. The van der Waals surface area contributed by atoms with E-state index in [2.05, 4.69) is 0 Å². The molecule has 3 nitrogen and oxygen atoms in total. The first-order valence-electron chi connectivity index (χ1n) is 5.95. The minimum absolute atomic E-state index is 0.313. The first-order valence-corrected chi connectivity index (χ1v) is 6.83. The van der Waals surface area contributed by atoms with Crippen molar-refractivity contribution < 1.29 is 9.59 Å². The van der Waals surface area contributed by atoms with E-state index < -0.39 is 4.84 Å². The number of imide groups is 1. The molecule has 1 aliphatic heterocycles. The Hall–Kier alpha value is -1.84. The van der Waals surface area contributed by atoms with Gasteiger partial charge in [-0.15, -0.1) is 23.2 Å². The van der Waals surface area contributed by atoms with Crippen molar-refractivity contribution in [2.24, 2.45) is 0 Å². The highest BCUT2D eigenvalue weighted by Gasteiger charge is 2.36. The third-order valence-electron chi connectivity index (χ3n) is 3.20. The quantitative estimate of drug-likeness (QED) is 0.622. The summed E-state index contributed by atoms with van der Waals surface area (Å²) in [6, 6.07) is 13.5. The summed E-state index contributed by atoms with van der Waals surface area (Å²) in [6.07, 6.45) is 0. The fourth-order valence-electron chi connectivity index (χ4n) is 2.19. The molecule has 0 atom stereocenters. The first kappa shape index (κ1) is 13.2. The smallest absolute Gasteiger partial charge is 0.266 e. The van der Waals surface area contributed by atoms with Crippen molar-refractivity contribution in [1.82, 2.24) is 0 Å². The predicted molar refractivity (Wildman–Crippen MR) is 78.5 cm³/mol. The van der Waals surface area contributed by atoms with Crippen LogP contribution in [0.15, 0.2) is 48.5 Å². The van der Waals surface area contributed by atoms with Crippen LogP contribution in [0.4, 0.5) is 5.69 Å². The van der Waals surface area contributed by atoms with Gasteiger partial charge in [0.2, 0.25) is 0 Å². The van der Waals surface area contributed by atoms with Crippen LogP contribution in [0.2, 0.25) is 0 Å². The Bertz CT molecular complexity index is 660. The van der Waals surface area contributed by atoms with E-state index in [0.717, 1.165) is 4.90 Å². The van der Waals surface area contributed by atoms with Gasteiger partial charge in [0.25, 0.3) is 11.8 Å². The molecule has 2 amide bonds. The number of anilines is 1. The average molecular weight is 306 g/mol. The summed E-state index contributed by atoms with van der Waals surface area (Å²) >= 11 is 11.5. The standard InChI is InChI=1S/C15H9Cl2NO2/c16-13(17)9-5-7-10(8-6-9)18-14(19)11-3-1-2-4-12(11)15(18)20/h1-8,13H. The van der Waals surface area contributed by atoms with Crippen LogP contribution < -0.4 is 4.90 Å². The van der Waals surface area contributed by atoms with Crippen LogP contribution in [-0.2, 0) is 0 Å². The molecule has 0 aromatic heterocycles. The van der Waals surface area contributed by atoms with Gasteiger partial charge >= 0.3 is 0 Å². The molecular formula is C15H9Cl2NO2. The summed E-state index contributed by atoms with van der Waals surface area (Å²) < 4.78 is 0. The van der Waals surface area contributed by atoms with E-state index in [9.17, 15) is 9.59 Å². The molecule has 0 N–H and O–H groups in total. The van der Waals surface area contributed by atoms with Crippen LogP contribution in [0.5, 0.6) is 0 Å². The second-order valence-corrected chi connectivity index (χ2v) is 5.48. The van der Waals surface area contributed by atoms with Gasteiger partial charge in [-0.2, -0.15) is 0 Å². The first-order chi connectivity index (χ1) is 9.59. The van der Waals surface area contributed by atoms with E-state index in [4.69, 9.17) is 23.2 Å². The molecule has 2 aromatic rings. The number of fused-ring (bicyclic) bond motifs is 1. The van der Waals surface area contributed by atoms with Gasteiger partial charge in [-0.3, -0.25) is 9.59 Å². The Morgan fingerprint density at radius 1 is 0.800 bits per heavy atom. The second kappa shape index (κ2) is 4.93. The third-order valence-corrected chi connectivity index (χ3v) is 3.70. The topological polar surface area (TPSA) is 37.4 Å². The minimum Gasteiger partial charge on any atom is -0.268 e. The van der Waals surface area contributed by atoms with Crippen molar-refractivity contribution in [3.05, 3.63) is 65.2 Å². The number of hydrogen-bond acceptors (Lipinski definition) is 2. The number of halogens is 2. The Morgan fingerprint density at radius 3 is 1.75 bits per heavy atom. The second-order valence-electron chi connectivity index (χ2n) is 4.38. The summed E-state index contributed by atoms with van der Waals surface area (Å²) in [5, 5.41) is 0. The average Bonchev–Trinajstić information content (AvgIpc) is 2.72. The van der Waals surface area contributed by atoms with Crippen molar-refractivity contribution >= 4 is 40.7 Å². The van der Waals surface area contributed by atoms with Crippen LogP contribution >= 0.6 is 23.2 Å². The van der Waals surface area contributed by atoms with Crippen molar-refractivity contribution in [1.29, 1.82) is 0 Å². The molecule has 20 heavy (non-hydrogen) atoms. The normalized spacial score (nSPS) is 14.1. The van der Waals surface area contributed by atoms with Gasteiger partial charge in [0, 0.05) is 0 Å². The number of nitrogens with zero attached hydrogens (tertiary/aromatic N) is 1. The molecule has 0 spiro atoms. The van der Waals surface area contributed by atoms with E-state index in [1.165, 1.54) is 0 Å². The van der Waals surface area contributed by atoms with Crippen LogP contribution in [0.25, 0.3) is 0 Å². The molecule has 0 bridgehead atoms. The lowest BCUT2D eigenvalue weighted by Crippen LogP contribution is -2.29. The lowest BCUT2D eigenvalue weighted by molar-refractivity contribution is 0.0926. The highest BCUT2D eigenvalue weighted by Crippen LogP contribution is 2.31. The van der Waals surface area contributed by atoms with Crippen molar-refractivity contribution in [2.75, 3.05) is 4.90 Å². The summed E-state index contributed by atoms with van der Waals surface area (Å²) in [5.41, 5.74) is 2.07. The molecule has 0 saturated heterocycles. The lowest BCUT2D eigenvalue weighted by Gasteiger charge is -2.14. The van der Waals surface area contributed by atoms with Crippen molar-refractivity contribution in [2.45, 2.75) is 4.84 Å². The predicted octanol–water partition coefficient (Wildman–Crippen LogP) is 3.96. The Kier molecular flexibility index (Phi) is 3.24. The number of rotatable bonds is 2. The van der Waals surface area contributed by atoms with E-state index in [1.807, 2.05) is 0 Å². The van der Waals surface area contributed by atoms with Gasteiger partial charge in [0.05, 0.1) is 16.8 Å². The molecule has 0 radical (unpaired) electrons. The minimum atomic E-state index is -0.633. The van der Waals surface area contributed by atoms with E-state index in [1.54, 1.807) is 48.5 Å². The van der Waals surface area contributed by atoms with Crippen molar-refractivity contribution in [3.63, 3.8) is 0 Å². The van der Waals surface area contributed by atoms with Crippen molar-refractivity contribution in [3.8, 4) is 0 Å². The fraction of sp³-hybridized carbons (Fsp3) is 0.0667. The highest BCUT2D eigenvalue weighted by atomic mass is 35.5. The summed E-state index contributed by atoms with van der Waals surface area (Å²) in [4.78, 5) is 25.1. The van der Waals surface area contributed by atoms with E-state index in [0.29, 0.717) is 22.4 Å². The maximum atomic E-state index is 12.3. The SMILES string of the molecule is O=C1c2ccccc2C(=O)N1c1ccc(C(Cl)Cl)cc1.